The number of hydrogen-bond acceptors (Lipinski definition) is 4. The number of hydrogen-bond donors (Lipinski definition) is 1. The van der Waals surface area contributed by atoms with Crippen molar-refractivity contribution in [2.75, 3.05) is 20.8 Å². The minimum Gasteiger partial charge on any atom is -0.496 e. The third-order valence-corrected chi connectivity index (χ3v) is 3.10. The third kappa shape index (κ3) is 5.30. The van der Waals surface area contributed by atoms with Crippen molar-refractivity contribution < 1.29 is 19.1 Å². The molecule has 0 aliphatic carbocycles. The molecule has 0 saturated carbocycles. The third-order valence-electron chi connectivity index (χ3n) is 2.48. The minimum atomic E-state index is -0.537. The number of methoxy groups -OCH3 is 2. The number of nitrogens with one attached hydrogen (secondary N) is 1. The Morgan fingerprint density at radius 3 is 2.63 bits per heavy atom. The highest BCUT2D eigenvalue weighted by Gasteiger charge is 2.08. The van der Waals surface area contributed by atoms with Crippen LogP contribution in [0, 0.1) is 0 Å². The molecule has 0 fully saturated rings. The fourth-order valence-corrected chi connectivity index (χ4v) is 2.07. The Kier molecular flexibility index (Phi) is 6.35. The molecule has 1 aromatic carbocycles. The van der Waals surface area contributed by atoms with Gasteiger partial charge < -0.3 is 14.8 Å². The van der Waals surface area contributed by atoms with Gasteiger partial charge in [-0.2, -0.15) is 0 Å². The Bertz CT molecular complexity index is 462. The molecule has 0 saturated heterocycles. The van der Waals surface area contributed by atoms with Gasteiger partial charge in [-0.05, 0) is 40.0 Å². The summed E-state index contributed by atoms with van der Waals surface area (Å²) in [5.74, 6) is -0.109. The molecule has 0 aliphatic heterocycles. The van der Waals surface area contributed by atoms with Gasteiger partial charge >= 0.3 is 5.97 Å². The lowest BCUT2D eigenvalue weighted by Gasteiger charge is -2.07. The molecule has 0 spiro atoms. The van der Waals surface area contributed by atoms with Crippen molar-refractivity contribution in [1.82, 2.24) is 5.32 Å². The molecule has 5 nitrogen and oxygen atoms in total. The zero-order valence-corrected chi connectivity index (χ0v) is 12.5. The molecule has 0 aromatic heterocycles. The molecule has 0 radical (unpaired) electrons. The van der Waals surface area contributed by atoms with Gasteiger partial charge in [0.15, 0.2) is 0 Å². The minimum absolute atomic E-state index is 0.247. The summed E-state index contributed by atoms with van der Waals surface area (Å²) in [6.07, 6.45) is 0.429. The highest BCUT2D eigenvalue weighted by molar-refractivity contribution is 9.10. The normalized spacial score (nSPS) is 9.84. The zero-order valence-electron chi connectivity index (χ0n) is 10.9. The van der Waals surface area contributed by atoms with Crippen LogP contribution in [0.2, 0.25) is 0 Å². The number of carbonyl (C=O) groups excluding carboxylic acids is 2. The van der Waals surface area contributed by atoms with Gasteiger partial charge in [-0.1, -0.05) is 6.07 Å². The lowest BCUT2D eigenvalue weighted by molar-refractivity contribution is -0.143. The van der Waals surface area contributed by atoms with Crippen LogP contribution in [0.25, 0.3) is 0 Å². The maximum Gasteiger partial charge on any atom is 0.315 e. The van der Waals surface area contributed by atoms with Gasteiger partial charge in [-0.25, -0.2) is 0 Å². The van der Waals surface area contributed by atoms with Gasteiger partial charge in [0.1, 0.15) is 12.2 Å². The lowest BCUT2D eigenvalue weighted by atomic mass is 10.1. The van der Waals surface area contributed by atoms with Crippen molar-refractivity contribution in [3.05, 3.63) is 28.2 Å². The highest BCUT2D eigenvalue weighted by atomic mass is 79.9. The summed E-state index contributed by atoms with van der Waals surface area (Å²) >= 11 is 3.40. The first-order valence-electron chi connectivity index (χ1n) is 5.72. The van der Waals surface area contributed by atoms with Crippen LogP contribution in [-0.4, -0.2) is 32.6 Å². The van der Waals surface area contributed by atoms with E-state index in [0.29, 0.717) is 13.0 Å². The molecule has 1 amide bonds. The largest absolute Gasteiger partial charge is 0.496 e. The van der Waals surface area contributed by atoms with Crippen molar-refractivity contribution in [3.63, 3.8) is 0 Å². The number of esters is 1. The first-order valence-corrected chi connectivity index (χ1v) is 6.52. The molecule has 1 aromatic rings. The number of benzene rings is 1. The van der Waals surface area contributed by atoms with Gasteiger partial charge in [0, 0.05) is 6.54 Å². The number of rotatable bonds is 6. The first-order chi connectivity index (χ1) is 9.06. The monoisotopic (exact) mass is 329 g/mol. The van der Waals surface area contributed by atoms with Crippen LogP contribution < -0.4 is 10.1 Å². The van der Waals surface area contributed by atoms with Crippen LogP contribution in [0.5, 0.6) is 5.75 Å². The molecule has 0 atom stereocenters. The van der Waals surface area contributed by atoms with E-state index in [1.54, 1.807) is 7.11 Å². The quantitative estimate of drug-likeness (QED) is 0.637. The molecule has 0 aliphatic rings. The lowest BCUT2D eigenvalue weighted by Crippen LogP contribution is -2.28. The molecule has 6 heteroatoms. The predicted octanol–water partition coefficient (Wildman–Crippen LogP) is 1.68. The van der Waals surface area contributed by atoms with Crippen molar-refractivity contribution >= 4 is 27.8 Å². The molecule has 1 rings (SSSR count). The second-order valence-corrected chi connectivity index (χ2v) is 4.68. The van der Waals surface area contributed by atoms with E-state index in [-0.39, 0.29) is 12.3 Å². The summed E-state index contributed by atoms with van der Waals surface area (Å²) in [7, 11) is 2.86. The van der Waals surface area contributed by atoms with E-state index < -0.39 is 5.97 Å². The number of carbonyl (C=O) groups is 2. The second-order valence-electron chi connectivity index (χ2n) is 3.82. The molecule has 104 valence electrons. The molecular weight excluding hydrogens is 314 g/mol. The maximum atomic E-state index is 11.3. The van der Waals surface area contributed by atoms with Crippen LogP contribution in [0.1, 0.15) is 12.0 Å². The average Bonchev–Trinajstić information content (AvgIpc) is 2.38. The van der Waals surface area contributed by atoms with Crippen molar-refractivity contribution in [2.24, 2.45) is 0 Å². The van der Waals surface area contributed by atoms with Crippen LogP contribution in [0.4, 0.5) is 0 Å². The Balaban J connectivity index is 2.39. The number of ether oxygens (including phenoxy) is 2. The summed E-state index contributed by atoms with van der Waals surface area (Å²) in [5.41, 5.74) is 1.06. The van der Waals surface area contributed by atoms with Crippen molar-refractivity contribution in [2.45, 2.75) is 12.8 Å². The summed E-state index contributed by atoms with van der Waals surface area (Å²) < 4.78 is 10.4. The molecule has 1 N–H and O–H groups in total. The smallest absolute Gasteiger partial charge is 0.315 e. The van der Waals surface area contributed by atoms with E-state index in [1.165, 1.54) is 7.11 Å². The number of halogens is 1. The molecule has 19 heavy (non-hydrogen) atoms. The van der Waals surface area contributed by atoms with Gasteiger partial charge in [0.05, 0.1) is 18.7 Å². The van der Waals surface area contributed by atoms with E-state index >= 15 is 0 Å². The van der Waals surface area contributed by atoms with Gasteiger partial charge in [0.2, 0.25) is 5.91 Å². The van der Waals surface area contributed by atoms with Crippen molar-refractivity contribution in [1.29, 1.82) is 0 Å². The summed E-state index contributed by atoms with van der Waals surface area (Å²) in [6.45, 7) is 0.467. The molecule has 0 heterocycles. The van der Waals surface area contributed by atoms with E-state index in [1.807, 2.05) is 18.2 Å². The van der Waals surface area contributed by atoms with Gasteiger partial charge in [-0.3, -0.25) is 9.59 Å². The standard InChI is InChI=1S/C13H16BrNO4/c1-18-11-4-3-9(7-10(11)14)5-6-15-12(16)8-13(17)19-2/h3-4,7H,5-6,8H2,1-2H3,(H,15,16). The van der Waals surface area contributed by atoms with E-state index in [0.717, 1.165) is 15.8 Å². The van der Waals surface area contributed by atoms with E-state index in [4.69, 9.17) is 4.74 Å². The van der Waals surface area contributed by atoms with Crippen LogP contribution in [0.3, 0.4) is 0 Å². The van der Waals surface area contributed by atoms with E-state index in [2.05, 4.69) is 26.0 Å². The van der Waals surface area contributed by atoms with Crippen LogP contribution in [0.15, 0.2) is 22.7 Å². The topological polar surface area (TPSA) is 64.6 Å². The highest BCUT2D eigenvalue weighted by Crippen LogP contribution is 2.25. The molecular formula is C13H16BrNO4. The van der Waals surface area contributed by atoms with Crippen LogP contribution >= 0.6 is 15.9 Å². The zero-order chi connectivity index (χ0) is 14.3. The number of amides is 1. The van der Waals surface area contributed by atoms with Crippen molar-refractivity contribution in [3.8, 4) is 5.75 Å². The van der Waals surface area contributed by atoms with Gasteiger partial charge in [-0.15, -0.1) is 0 Å². The maximum absolute atomic E-state index is 11.3. The van der Waals surface area contributed by atoms with E-state index in [9.17, 15) is 9.59 Å². The fraction of sp³-hybridized carbons (Fsp3) is 0.385. The average molecular weight is 330 g/mol. The summed E-state index contributed by atoms with van der Waals surface area (Å²) in [4.78, 5) is 22.2. The Labute approximate surface area is 120 Å². The molecule has 0 bridgehead atoms. The Morgan fingerprint density at radius 1 is 1.32 bits per heavy atom. The summed E-state index contributed by atoms with van der Waals surface area (Å²) in [6, 6.07) is 5.72. The van der Waals surface area contributed by atoms with Gasteiger partial charge in [0.25, 0.3) is 0 Å². The molecule has 0 unspecified atom stereocenters. The first kappa shape index (κ1) is 15.5. The fourth-order valence-electron chi connectivity index (χ4n) is 1.48. The predicted molar refractivity (Wildman–Crippen MR) is 74.0 cm³/mol. The van der Waals surface area contributed by atoms with Crippen LogP contribution in [-0.2, 0) is 20.7 Å². The summed E-state index contributed by atoms with van der Waals surface area (Å²) in [5, 5.41) is 2.66. The Morgan fingerprint density at radius 2 is 2.05 bits per heavy atom. The Hall–Kier alpha value is -1.56. The second kappa shape index (κ2) is 7.78. The SMILES string of the molecule is COC(=O)CC(=O)NCCc1ccc(OC)c(Br)c1.